The summed E-state index contributed by atoms with van der Waals surface area (Å²) >= 11 is 0. The van der Waals surface area contributed by atoms with Crippen LogP contribution >= 0.6 is 0 Å². The van der Waals surface area contributed by atoms with E-state index in [1.807, 2.05) is 78.9 Å². The van der Waals surface area contributed by atoms with Crippen molar-refractivity contribution in [2.24, 2.45) is 0 Å². The second-order valence-corrected chi connectivity index (χ2v) is 7.11. The van der Waals surface area contributed by atoms with Crippen LogP contribution < -0.4 is 4.98 Å². The Labute approximate surface area is 203 Å². The van der Waals surface area contributed by atoms with Gasteiger partial charge in [0, 0.05) is 0 Å². The van der Waals surface area contributed by atoms with Gasteiger partial charge < -0.3 is 9.97 Å². The van der Waals surface area contributed by atoms with Gasteiger partial charge in [-0.1, -0.05) is 66.7 Å². The van der Waals surface area contributed by atoms with Gasteiger partial charge in [0.15, 0.2) is 0 Å². The van der Waals surface area contributed by atoms with Crippen LogP contribution in [0.5, 0.6) is 0 Å². The summed E-state index contributed by atoms with van der Waals surface area (Å²) in [7, 11) is 0. The minimum Gasteiger partial charge on any atom is -0.657 e. The molecule has 0 saturated carbocycles. The van der Waals surface area contributed by atoms with Crippen molar-refractivity contribution in [3.05, 3.63) is 127 Å². The van der Waals surface area contributed by atoms with Gasteiger partial charge >= 0.3 is 22.4 Å². The number of fused-ring (bicyclic) bond motifs is 3. The number of hydrogen-bond acceptors (Lipinski definition) is 1. The summed E-state index contributed by atoms with van der Waals surface area (Å²) < 4.78 is 0. The fourth-order valence-electron chi connectivity index (χ4n) is 3.57. The molecular weight excluding hydrogens is 573 g/mol. The fourth-order valence-corrected chi connectivity index (χ4v) is 3.57. The summed E-state index contributed by atoms with van der Waals surface area (Å²) in [6.07, 6.45) is 0. The summed E-state index contributed by atoms with van der Waals surface area (Å²) in [4.78, 5) is 9.17. The van der Waals surface area contributed by atoms with Crippen LogP contribution in [-0.2, 0) is 22.4 Å². The van der Waals surface area contributed by atoms with Crippen LogP contribution in [0, 0.1) is 12.1 Å². The van der Waals surface area contributed by atoms with E-state index in [4.69, 9.17) is 0 Å². The Morgan fingerprint density at radius 1 is 0.500 bits per heavy atom. The minimum absolute atomic E-state index is 0. The van der Waals surface area contributed by atoms with Gasteiger partial charge in [0.05, 0.1) is 0 Å². The third kappa shape index (κ3) is 4.74. The largest absolute Gasteiger partial charge is 3.00 e. The Bertz CT molecular complexity index is 1320. The molecule has 2 heterocycles. The first kappa shape index (κ1) is 21.8. The zero-order valence-corrected chi connectivity index (χ0v) is 19.3. The standard InChI is InChI=1S/C17H11N.C12H8N.Au/c1-3-8-14(9-4-1)16-12-7-13-17(18-16)15-10-5-2-6-11-15;1-3-7-11-9(5-1)10-6-2-4-8-12(10)13-11;/h1-8,10,12-13H;1-8H;/q-2;-1;+3. The molecule has 0 bridgehead atoms. The first-order valence-electron chi connectivity index (χ1n) is 10.2. The molecule has 32 heavy (non-hydrogen) atoms. The zero-order chi connectivity index (χ0) is 20.9. The summed E-state index contributed by atoms with van der Waals surface area (Å²) in [5.74, 6) is 0. The van der Waals surface area contributed by atoms with Gasteiger partial charge in [-0.25, -0.2) is 0 Å². The Balaban J connectivity index is 0.000000155. The molecule has 0 radical (unpaired) electrons. The molecular formula is C29H19AuN2. The zero-order valence-electron chi connectivity index (χ0n) is 17.2. The molecule has 156 valence electrons. The Morgan fingerprint density at radius 3 is 1.44 bits per heavy atom. The molecule has 6 rings (SSSR count). The van der Waals surface area contributed by atoms with Crippen molar-refractivity contribution in [2.75, 3.05) is 0 Å². The van der Waals surface area contributed by atoms with Gasteiger partial charge in [0.2, 0.25) is 0 Å². The maximum absolute atomic E-state index is 4.65. The van der Waals surface area contributed by atoms with Gasteiger partial charge in [-0.2, -0.15) is 0 Å². The molecule has 0 aliphatic carbocycles. The van der Waals surface area contributed by atoms with E-state index in [1.54, 1.807) is 0 Å². The Morgan fingerprint density at radius 2 is 0.969 bits per heavy atom. The van der Waals surface area contributed by atoms with Gasteiger partial charge in [-0.05, 0) is 22.2 Å². The molecule has 0 amide bonds. The van der Waals surface area contributed by atoms with Gasteiger partial charge in [0.1, 0.15) is 0 Å². The molecule has 4 aromatic carbocycles. The van der Waals surface area contributed by atoms with Crippen LogP contribution in [0.15, 0.2) is 115 Å². The van der Waals surface area contributed by atoms with E-state index in [0.717, 1.165) is 33.5 Å². The molecule has 0 aliphatic heterocycles. The Hall–Kier alpha value is -3.43. The van der Waals surface area contributed by atoms with Crippen molar-refractivity contribution in [2.45, 2.75) is 0 Å². The van der Waals surface area contributed by atoms with E-state index in [1.165, 1.54) is 10.8 Å². The number of para-hydroxylation sites is 2. The van der Waals surface area contributed by atoms with Crippen molar-refractivity contribution in [3.8, 4) is 22.5 Å². The van der Waals surface area contributed by atoms with Crippen molar-refractivity contribution < 1.29 is 22.4 Å². The maximum Gasteiger partial charge on any atom is 3.00 e. The van der Waals surface area contributed by atoms with Gasteiger partial charge in [0.25, 0.3) is 0 Å². The van der Waals surface area contributed by atoms with Gasteiger partial charge in [-0.15, -0.1) is 82.8 Å². The van der Waals surface area contributed by atoms with Crippen molar-refractivity contribution in [1.29, 1.82) is 0 Å². The summed E-state index contributed by atoms with van der Waals surface area (Å²) in [6, 6.07) is 44.6. The normalized spacial score (nSPS) is 10.2. The van der Waals surface area contributed by atoms with E-state index in [9.17, 15) is 0 Å². The van der Waals surface area contributed by atoms with Gasteiger partial charge in [-0.3, -0.25) is 0 Å². The van der Waals surface area contributed by atoms with E-state index >= 15 is 0 Å². The van der Waals surface area contributed by atoms with E-state index < -0.39 is 0 Å². The van der Waals surface area contributed by atoms with E-state index in [0.29, 0.717) is 0 Å². The molecule has 0 atom stereocenters. The first-order chi connectivity index (χ1) is 15.4. The monoisotopic (exact) mass is 592 g/mol. The second kappa shape index (κ2) is 10.3. The van der Waals surface area contributed by atoms with Crippen LogP contribution in [0.2, 0.25) is 0 Å². The quantitative estimate of drug-likeness (QED) is 0.161. The summed E-state index contributed by atoms with van der Waals surface area (Å²) in [6.45, 7) is 0. The molecule has 2 nitrogen and oxygen atoms in total. The fraction of sp³-hybridized carbons (Fsp3) is 0. The third-order valence-electron chi connectivity index (χ3n) is 5.06. The number of hydrogen-bond donors (Lipinski definition) is 0. The first-order valence-corrected chi connectivity index (χ1v) is 10.2. The summed E-state index contributed by atoms with van der Waals surface area (Å²) in [5, 5.41) is 2.50. The topological polar surface area (TPSA) is 27.0 Å². The van der Waals surface area contributed by atoms with Crippen LogP contribution in [0.3, 0.4) is 0 Å². The predicted octanol–water partition coefficient (Wildman–Crippen LogP) is 6.96. The number of benzene rings is 4. The Kier molecular flexibility index (Phi) is 6.98. The number of pyridine rings is 1. The average Bonchev–Trinajstić information content (AvgIpc) is 3.24. The molecule has 2 aromatic heterocycles. The maximum atomic E-state index is 4.65. The smallest absolute Gasteiger partial charge is 0.657 e. The molecule has 0 saturated heterocycles. The van der Waals surface area contributed by atoms with Crippen molar-refractivity contribution >= 4 is 21.8 Å². The minimum atomic E-state index is 0. The third-order valence-corrected chi connectivity index (χ3v) is 5.06. The predicted molar refractivity (Wildman–Crippen MR) is 128 cm³/mol. The molecule has 0 spiro atoms. The van der Waals surface area contributed by atoms with E-state index in [2.05, 4.69) is 58.5 Å². The molecule has 0 aliphatic rings. The average molecular weight is 592 g/mol. The summed E-state index contributed by atoms with van der Waals surface area (Å²) in [5.41, 5.74) is 6.06. The number of aromatic nitrogens is 2. The van der Waals surface area contributed by atoms with E-state index in [-0.39, 0.29) is 22.4 Å². The molecule has 3 heteroatoms. The van der Waals surface area contributed by atoms with Crippen LogP contribution in [0.4, 0.5) is 0 Å². The molecule has 6 aromatic rings. The second-order valence-electron chi connectivity index (χ2n) is 7.11. The number of nitrogens with zero attached hydrogens (tertiary/aromatic N) is 2. The van der Waals surface area contributed by atoms with Crippen LogP contribution in [-0.4, -0.2) is 4.98 Å². The molecule has 0 fully saturated rings. The van der Waals surface area contributed by atoms with Crippen LogP contribution in [0.25, 0.3) is 44.3 Å². The van der Waals surface area contributed by atoms with Crippen molar-refractivity contribution in [3.63, 3.8) is 0 Å². The molecule has 0 N–H and O–H groups in total. The van der Waals surface area contributed by atoms with Crippen molar-refractivity contribution in [1.82, 2.24) is 9.97 Å². The van der Waals surface area contributed by atoms with Crippen LogP contribution in [0.1, 0.15) is 0 Å². The number of rotatable bonds is 2. The SMILES string of the molecule is [Au+3].[c-]1ccccc1-c1cccc(-c2[c-]cccc2)n1.c1ccc2c(c1)[n-]c1ccccc12. The molecule has 0 unspecified atom stereocenters.